The highest BCUT2D eigenvalue weighted by Gasteiger charge is 2.32. The molecule has 20 heavy (non-hydrogen) atoms. The van der Waals surface area contributed by atoms with Crippen LogP contribution in [0.4, 0.5) is 4.39 Å². The number of rotatable bonds is 4. The lowest BCUT2D eigenvalue weighted by Gasteiger charge is -2.22. The molecule has 2 N–H and O–H groups in total. The van der Waals surface area contributed by atoms with Crippen molar-refractivity contribution < 1.29 is 13.9 Å². The Kier molecular flexibility index (Phi) is 4.96. The molecule has 2 rings (SSSR count). The van der Waals surface area contributed by atoms with Gasteiger partial charge in [0.15, 0.2) is 0 Å². The zero-order chi connectivity index (χ0) is 14.7. The van der Waals surface area contributed by atoms with Crippen LogP contribution in [0.3, 0.4) is 0 Å². The van der Waals surface area contributed by atoms with E-state index in [0.29, 0.717) is 23.6 Å². The van der Waals surface area contributed by atoms with E-state index in [2.05, 4.69) is 0 Å². The van der Waals surface area contributed by atoms with Crippen molar-refractivity contribution in [2.75, 3.05) is 13.6 Å². The van der Waals surface area contributed by atoms with Gasteiger partial charge >= 0.3 is 0 Å². The van der Waals surface area contributed by atoms with Crippen LogP contribution in [-0.2, 0) is 16.1 Å². The Labute approximate surface area is 122 Å². The number of ether oxygens (including phenoxy) is 1. The Morgan fingerprint density at radius 3 is 2.90 bits per heavy atom. The zero-order valence-electron chi connectivity index (χ0n) is 11.3. The molecule has 4 nitrogen and oxygen atoms in total. The van der Waals surface area contributed by atoms with Gasteiger partial charge in [0.1, 0.15) is 11.9 Å². The number of benzene rings is 1. The van der Waals surface area contributed by atoms with Crippen LogP contribution < -0.4 is 5.73 Å². The largest absolute Gasteiger partial charge is 0.364 e. The Balaban J connectivity index is 2.01. The zero-order valence-corrected chi connectivity index (χ0v) is 12.1. The molecule has 1 aromatic carbocycles. The molecule has 1 fully saturated rings. The van der Waals surface area contributed by atoms with E-state index in [9.17, 15) is 9.18 Å². The Morgan fingerprint density at radius 2 is 2.30 bits per heavy atom. The summed E-state index contributed by atoms with van der Waals surface area (Å²) in [6, 6.07) is 4.47. The number of hydrogen-bond acceptors (Lipinski definition) is 3. The average molecular weight is 301 g/mol. The molecule has 2 unspecified atom stereocenters. The summed E-state index contributed by atoms with van der Waals surface area (Å²) in [5.74, 6) is -0.579. The van der Waals surface area contributed by atoms with Crippen molar-refractivity contribution >= 4 is 17.5 Å². The van der Waals surface area contributed by atoms with E-state index in [0.717, 1.165) is 6.42 Å². The van der Waals surface area contributed by atoms with Crippen LogP contribution in [0.2, 0.25) is 5.02 Å². The molecule has 0 aromatic heterocycles. The van der Waals surface area contributed by atoms with Crippen molar-refractivity contribution in [2.24, 2.45) is 5.73 Å². The number of halogens is 2. The van der Waals surface area contributed by atoms with Gasteiger partial charge in [-0.2, -0.15) is 0 Å². The second-order valence-electron chi connectivity index (χ2n) is 4.95. The molecule has 0 bridgehead atoms. The van der Waals surface area contributed by atoms with E-state index in [1.807, 2.05) is 0 Å². The summed E-state index contributed by atoms with van der Waals surface area (Å²) in [6.07, 6.45) is 0.880. The molecule has 0 saturated carbocycles. The van der Waals surface area contributed by atoms with E-state index < -0.39 is 11.9 Å². The third-order valence-electron chi connectivity index (χ3n) is 3.48. The lowest BCUT2D eigenvalue weighted by Crippen LogP contribution is -2.37. The van der Waals surface area contributed by atoms with Crippen molar-refractivity contribution in [2.45, 2.75) is 31.6 Å². The number of carbonyl (C=O) groups is 1. The molecular weight excluding hydrogens is 283 g/mol. The van der Waals surface area contributed by atoms with Crippen molar-refractivity contribution in [3.63, 3.8) is 0 Å². The van der Waals surface area contributed by atoms with Gasteiger partial charge in [0.2, 0.25) is 0 Å². The van der Waals surface area contributed by atoms with Gasteiger partial charge in [-0.3, -0.25) is 4.79 Å². The molecule has 6 heteroatoms. The molecule has 1 amide bonds. The molecule has 0 aliphatic carbocycles. The first-order chi connectivity index (χ1) is 9.52. The number of hydrogen-bond donors (Lipinski definition) is 1. The van der Waals surface area contributed by atoms with Crippen LogP contribution in [0, 0.1) is 5.82 Å². The first-order valence-corrected chi connectivity index (χ1v) is 6.94. The van der Waals surface area contributed by atoms with E-state index >= 15 is 0 Å². The van der Waals surface area contributed by atoms with E-state index in [1.54, 1.807) is 13.1 Å². The van der Waals surface area contributed by atoms with Crippen LogP contribution in [-0.4, -0.2) is 36.6 Å². The molecule has 1 heterocycles. The fraction of sp³-hybridized carbons (Fsp3) is 0.500. The number of amides is 1. The summed E-state index contributed by atoms with van der Waals surface area (Å²) in [7, 11) is 1.62. The minimum Gasteiger partial charge on any atom is -0.364 e. The van der Waals surface area contributed by atoms with Gasteiger partial charge in [-0.05, 0) is 25.0 Å². The maximum atomic E-state index is 13.7. The fourth-order valence-corrected chi connectivity index (χ4v) is 2.53. The smallest absolute Gasteiger partial charge is 0.251 e. The maximum absolute atomic E-state index is 13.7. The van der Waals surface area contributed by atoms with Crippen LogP contribution in [0.15, 0.2) is 18.2 Å². The van der Waals surface area contributed by atoms with Crippen LogP contribution in [0.25, 0.3) is 0 Å². The average Bonchev–Trinajstić information content (AvgIpc) is 2.90. The van der Waals surface area contributed by atoms with Gasteiger partial charge in [-0.1, -0.05) is 17.7 Å². The summed E-state index contributed by atoms with van der Waals surface area (Å²) in [4.78, 5) is 13.7. The molecule has 1 saturated heterocycles. The molecule has 110 valence electrons. The second kappa shape index (κ2) is 6.52. The lowest BCUT2D eigenvalue weighted by atomic mass is 10.1. The van der Waals surface area contributed by atoms with Crippen LogP contribution >= 0.6 is 11.6 Å². The highest BCUT2D eigenvalue weighted by Crippen LogP contribution is 2.23. The van der Waals surface area contributed by atoms with Gasteiger partial charge in [0.05, 0.1) is 6.10 Å². The molecule has 1 aromatic rings. The number of likely N-dealkylation sites (N-methyl/N-ethyl adjacent to an activating group) is 1. The SMILES string of the molecule is CN(Cc1c(F)cccc1Cl)C(=O)C1CCC(CN)O1. The van der Waals surface area contributed by atoms with Gasteiger partial charge in [0.25, 0.3) is 5.91 Å². The predicted octanol–water partition coefficient (Wildman–Crippen LogP) is 1.94. The standard InChI is InChI=1S/C14H18ClFN2O2/c1-18(8-10-11(15)3-2-4-12(10)16)14(19)13-6-5-9(7-17)20-13/h2-4,9,13H,5-8,17H2,1H3. The topological polar surface area (TPSA) is 55.6 Å². The van der Waals surface area contributed by atoms with Crippen molar-refractivity contribution in [3.8, 4) is 0 Å². The minimum absolute atomic E-state index is 0.0607. The molecule has 1 aliphatic rings. The third kappa shape index (κ3) is 3.29. The van der Waals surface area contributed by atoms with Crippen LogP contribution in [0.1, 0.15) is 18.4 Å². The monoisotopic (exact) mass is 300 g/mol. The highest BCUT2D eigenvalue weighted by molar-refractivity contribution is 6.31. The van der Waals surface area contributed by atoms with Crippen LogP contribution in [0.5, 0.6) is 0 Å². The highest BCUT2D eigenvalue weighted by atomic mass is 35.5. The van der Waals surface area contributed by atoms with Gasteiger partial charge in [-0.25, -0.2) is 4.39 Å². The Morgan fingerprint density at radius 1 is 1.55 bits per heavy atom. The number of nitrogens with zero attached hydrogens (tertiary/aromatic N) is 1. The van der Waals surface area contributed by atoms with Gasteiger partial charge < -0.3 is 15.4 Å². The second-order valence-corrected chi connectivity index (χ2v) is 5.36. The summed E-state index contributed by atoms with van der Waals surface area (Å²) in [6.45, 7) is 0.532. The van der Waals surface area contributed by atoms with E-state index in [4.69, 9.17) is 22.1 Å². The Hall–Kier alpha value is -1.17. The molecule has 2 atom stereocenters. The first-order valence-electron chi connectivity index (χ1n) is 6.56. The van der Waals surface area contributed by atoms with Crippen molar-refractivity contribution in [1.82, 2.24) is 4.90 Å². The summed E-state index contributed by atoms with van der Waals surface area (Å²) >= 11 is 5.96. The Bertz CT molecular complexity index is 478. The van der Waals surface area contributed by atoms with Crippen molar-refractivity contribution in [1.29, 1.82) is 0 Å². The summed E-state index contributed by atoms with van der Waals surface area (Å²) in [5, 5.41) is 0.317. The first kappa shape index (κ1) is 15.2. The molecule has 0 radical (unpaired) electrons. The van der Waals surface area contributed by atoms with E-state index in [1.165, 1.54) is 17.0 Å². The van der Waals surface area contributed by atoms with Crippen molar-refractivity contribution in [3.05, 3.63) is 34.6 Å². The predicted molar refractivity (Wildman–Crippen MR) is 74.8 cm³/mol. The quantitative estimate of drug-likeness (QED) is 0.924. The van der Waals surface area contributed by atoms with Gasteiger partial charge in [-0.15, -0.1) is 0 Å². The summed E-state index contributed by atoms with van der Waals surface area (Å²) < 4.78 is 19.2. The molecule has 1 aliphatic heterocycles. The fourth-order valence-electron chi connectivity index (χ4n) is 2.31. The van der Waals surface area contributed by atoms with E-state index in [-0.39, 0.29) is 18.6 Å². The number of carbonyl (C=O) groups excluding carboxylic acids is 1. The minimum atomic E-state index is -0.487. The summed E-state index contributed by atoms with van der Waals surface area (Å²) in [5.41, 5.74) is 5.84. The third-order valence-corrected chi connectivity index (χ3v) is 3.83. The molecule has 0 spiro atoms. The lowest BCUT2D eigenvalue weighted by molar-refractivity contribution is -0.141. The van der Waals surface area contributed by atoms with Gasteiger partial charge in [0, 0.05) is 30.7 Å². The molecular formula is C14H18ClFN2O2. The normalized spacial score (nSPS) is 22.0. The maximum Gasteiger partial charge on any atom is 0.251 e. The number of nitrogens with two attached hydrogens (primary N) is 1.